The molecule has 1 N–H and O–H groups in total. The van der Waals surface area contributed by atoms with Crippen LogP contribution in [0.2, 0.25) is 0 Å². The number of halogens is 1. The van der Waals surface area contributed by atoms with E-state index in [1.165, 1.54) is 3.57 Å². The molecule has 0 amide bonds. The van der Waals surface area contributed by atoms with E-state index in [0.717, 1.165) is 31.0 Å². The zero-order valence-electron chi connectivity index (χ0n) is 10.6. The number of hydrogen-bond acceptors (Lipinski definition) is 5. The smallest absolute Gasteiger partial charge is 0.257 e. The van der Waals surface area contributed by atoms with E-state index < -0.39 is 0 Å². The first-order valence-corrected chi connectivity index (χ1v) is 7.32. The summed E-state index contributed by atoms with van der Waals surface area (Å²) in [5, 5.41) is 7.48. The molecule has 0 saturated carbocycles. The van der Waals surface area contributed by atoms with Crippen LogP contribution in [-0.2, 0) is 0 Å². The quantitative estimate of drug-likeness (QED) is 0.819. The maximum Gasteiger partial charge on any atom is 0.257 e. The Morgan fingerprint density at radius 3 is 2.89 bits per heavy atom. The Kier molecular flexibility index (Phi) is 3.81. The molecule has 0 bridgehead atoms. The first-order valence-electron chi connectivity index (χ1n) is 6.24. The molecule has 1 unspecified atom stereocenters. The third kappa shape index (κ3) is 2.80. The van der Waals surface area contributed by atoms with Crippen molar-refractivity contribution in [3.63, 3.8) is 0 Å². The summed E-state index contributed by atoms with van der Waals surface area (Å²) < 4.78 is 6.57. The van der Waals surface area contributed by atoms with Crippen LogP contribution in [0.1, 0.15) is 11.9 Å². The molecule has 19 heavy (non-hydrogen) atoms. The predicted octanol–water partition coefficient (Wildman–Crippen LogP) is 1.92. The summed E-state index contributed by atoms with van der Waals surface area (Å²) in [5.41, 5.74) is 0.964. The van der Waals surface area contributed by atoms with E-state index in [-0.39, 0.29) is 6.04 Å². The number of aromatic nitrogens is 2. The van der Waals surface area contributed by atoms with E-state index in [0.29, 0.717) is 5.89 Å². The zero-order chi connectivity index (χ0) is 13.2. The Hall–Kier alpha value is -0.990. The number of likely N-dealkylation sites (N-methyl/N-ethyl adjacent to an activating group) is 1. The van der Waals surface area contributed by atoms with Crippen molar-refractivity contribution in [3.05, 3.63) is 33.7 Å². The van der Waals surface area contributed by atoms with E-state index in [9.17, 15) is 0 Å². The molecule has 100 valence electrons. The fraction of sp³-hybridized carbons (Fsp3) is 0.385. The van der Waals surface area contributed by atoms with Crippen molar-refractivity contribution in [2.75, 3.05) is 26.7 Å². The number of rotatable bonds is 2. The van der Waals surface area contributed by atoms with Gasteiger partial charge in [-0.15, -0.1) is 0 Å². The highest BCUT2D eigenvalue weighted by Crippen LogP contribution is 2.23. The monoisotopic (exact) mass is 370 g/mol. The van der Waals surface area contributed by atoms with Crippen molar-refractivity contribution < 1.29 is 4.52 Å². The average Bonchev–Trinajstić information content (AvgIpc) is 2.89. The SMILES string of the molecule is CN1CCNCC1c1noc(-c2ccc(I)cc2)n1. The molecule has 1 fully saturated rings. The second-order valence-electron chi connectivity index (χ2n) is 4.67. The molecule has 1 aliphatic heterocycles. The van der Waals surface area contributed by atoms with Gasteiger partial charge in [0, 0.05) is 28.8 Å². The van der Waals surface area contributed by atoms with Crippen molar-refractivity contribution >= 4 is 22.6 Å². The van der Waals surface area contributed by atoms with Gasteiger partial charge in [0.1, 0.15) is 0 Å². The summed E-state index contributed by atoms with van der Waals surface area (Å²) >= 11 is 2.28. The maximum absolute atomic E-state index is 5.37. The van der Waals surface area contributed by atoms with E-state index in [2.05, 4.69) is 50.0 Å². The van der Waals surface area contributed by atoms with Crippen LogP contribution in [0.25, 0.3) is 11.5 Å². The Labute approximate surface area is 125 Å². The summed E-state index contributed by atoms with van der Waals surface area (Å²) in [4.78, 5) is 6.77. The highest BCUT2D eigenvalue weighted by atomic mass is 127. The minimum atomic E-state index is 0.190. The third-order valence-electron chi connectivity index (χ3n) is 3.34. The Morgan fingerprint density at radius 1 is 1.37 bits per heavy atom. The zero-order valence-corrected chi connectivity index (χ0v) is 12.8. The van der Waals surface area contributed by atoms with E-state index >= 15 is 0 Å². The molecule has 1 saturated heterocycles. The summed E-state index contributed by atoms with van der Waals surface area (Å²) in [5.74, 6) is 1.34. The second-order valence-corrected chi connectivity index (χ2v) is 5.91. The fourth-order valence-corrected chi connectivity index (χ4v) is 2.53. The number of nitrogens with zero attached hydrogens (tertiary/aromatic N) is 3. The molecule has 2 aromatic rings. The van der Waals surface area contributed by atoms with Gasteiger partial charge < -0.3 is 9.84 Å². The van der Waals surface area contributed by atoms with Crippen molar-refractivity contribution in [1.29, 1.82) is 0 Å². The molecule has 5 nitrogen and oxygen atoms in total. The normalized spacial score (nSPS) is 20.6. The van der Waals surface area contributed by atoms with Gasteiger partial charge in [0.05, 0.1) is 6.04 Å². The Morgan fingerprint density at radius 2 is 2.16 bits per heavy atom. The third-order valence-corrected chi connectivity index (χ3v) is 4.06. The molecule has 1 aliphatic rings. The molecule has 3 rings (SSSR count). The molecule has 6 heteroatoms. The van der Waals surface area contributed by atoms with Crippen LogP contribution in [0.5, 0.6) is 0 Å². The first-order chi connectivity index (χ1) is 9.24. The molecule has 0 radical (unpaired) electrons. The molecule has 2 heterocycles. The highest BCUT2D eigenvalue weighted by Gasteiger charge is 2.25. The lowest BCUT2D eigenvalue weighted by molar-refractivity contribution is 0.190. The molecule has 0 aliphatic carbocycles. The van der Waals surface area contributed by atoms with Crippen molar-refractivity contribution in [1.82, 2.24) is 20.4 Å². The van der Waals surface area contributed by atoms with Crippen LogP contribution in [0.3, 0.4) is 0 Å². The lowest BCUT2D eigenvalue weighted by Crippen LogP contribution is -2.44. The lowest BCUT2D eigenvalue weighted by Gasteiger charge is -2.30. The lowest BCUT2D eigenvalue weighted by atomic mass is 10.2. The molecule has 1 atom stereocenters. The molecule has 1 aromatic heterocycles. The second kappa shape index (κ2) is 5.56. The van der Waals surface area contributed by atoms with E-state index in [1.807, 2.05) is 24.3 Å². The largest absolute Gasteiger partial charge is 0.334 e. The van der Waals surface area contributed by atoms with Crippen LogP contribution >= 0.6 is 22.6 Å². The summed E-state index contributed by atoms with van der Waals surface area (Å²) in [7, 11) is 2.09. The van der Waals surface area contributed by atoms with Crippen LogP contribution < -0.4 is 5.32 Å². The minimum absolute atomic E-state index is 0.190. The summed E-state index contributed by atoms with van der Waals surface area (Å²) in [6.07, 6.45) is 0. The van der Waals surface area contributed by atoms with E-state index in [4.69, 9.17) is 4.52 Å². The van der Waals surface area contributed by atoms with E-state index in [1.54, 1.807) is 0 Å². The number of hydrogen-bond donors (Lipinski definition) is 1. The standard InChI is InChI=1S/C13H15IN4O/c1-18-7-6-15-8-11(18)12-16-13(19-17-12)9-2-4-10(14)5-3-9/h2-5,11,15H,6-8H2,1H3. The number of nitrogens with one attached hydrogen (secondary N) is 1. The summed E-state index contributed by atoms with van der Waals surface area (Å²) in [6, 6.07) is 8.27. The van der Waals surface area contributed by atoms with Crippen LogP contribution in [0.4, 0.5) is 0 Å². The van der Waals surface area contributed by atoms with Gasteiger partial charge in [-0.05, 0) is 53.9 Å². The predicted molar refractivity (Wildman–Crippen MR) is 80.7 cm³/mol. The maximum atomic E-state index is 5.37. The van der Waals surface area contributed by atoms with Gasteiger partial charge in [0.25, 0.3) is 5.89 Å². The van der Waals surface area contributed by atoms with Crippen molar-refractivity contribution in [2.45, 2.75) is 6.04 Å². The first kappa shape index (κ1) is 13.0. The molecule has 0 spiro atoms. The van der Waals surface area contributed by atoms with Crippen LogP contribution in [0.15, 0.2) is 28.8 Å². The fourth-order valence-electron chi connectivity index (χ4n) is 2.17. The Balaban J connectivity index is 1.84. The van der Waals surface area contributed by atoms with Gasteiger partial charge in [0.2, 0.25) is 0 Å². The van der Waals surface area contributed by atoms with Gasteiger partial charge >= 0.3 is 0 Å². The van der Waals surface area contributed by atoms with Gasteiger partial charge in [-0.25, -0.2) is 0 Å². The van der Waals surface area contributed by atoms with Gasteiger partial charge in [-0.3, -0.25) is 4.90 Å². The molecular formula is C13H15IN4O. The van der Waals surface area contributed by atoms with Gasteiger partial charge in [-0.2, -0.15) is 4.98 Å². The van der Waals surface area contributed by atoms with Gasteiger partial charge in [0.15, 0.2) is 5.82 Å². The topological polar surface area (TPSA) is 54.2 Å². The minimum Gasteiger partial charge on any atom is -0.334 e. The molecular weight excluding hydrogens is 355 g/mol. The van der Waals surface area contributed by atoms with Crippen LogP contribution in [-0.4, -0.2) is 41.7 Å². The van der Waals surface area contributed by atoms with Crippen molar-refractivity contribution in [2.24, 2.45) is 0 Å². The average molecular weight is 370 g/mol. The number of piperazine rings is 1. The van der Waals surface area contributed by atoms with Crippen LogP contribution in [0, 0.1) is 3.57 Å². The van der Waals surface area contributed by atoms with Gasteiger partial charge in [-0.1, -0.05) is 5.16 Å². The molecule has 1 aromatic carbocycles. The summed E-state index contributed by atoms with van der Waals surface area (Å²) in [6.45, 7) is 2.87. The highest BCUT2D eigenvalue weighted by molar-refractivity contribution is 14.1. The Bertz CT molecular complexity index is 554. The number of benzene rings is 1. The van der Waals surface area contributed by atoms with Crippen molar-refractivity contribution in [3.8, 4) is 11.5 Å².